The molecule has 2 heteroatoms. The van der Waals surface area contributed by atoms with Crippen LogP contribution in [0.3, 0.4) is 0 Å². The first-order valence-corrected chi connectivity index (χ1v) is 6.76. The lowest BCUT2D eigenvalue weighted by molar-refractivity contribution is 0.0990. The van der Waals surface area contributed by atoms with Gasteiger partial charge in [0.2, 0.25) is 0 Å². The van der Waals surface area contributed by atoms with Gasteiger partial charge < -0.3 is 10.5 Å². The van der Waals surface area contributed by atoms with Gasteiger partial charge in [-0.15, -0.1) is 0 Å². The highest BCUT2D eigenvalue weighted by Gasteiger charge is 2.23. The zero-order valence-electron chi connectivity index (χ0n) is 11.5. The summed E-state index contributed by atoms with van der Waals surface area (Å²) in [6.45, 7) is 10.2. The first-order valence-electron chi connectivity index (χ1n) is 6.76. The highest BCUT2D eigenvalue weighted by molar-refractivity contribution is 4.76. The molecule has 16 heavy (non-hydrogen) atoms. The molecular formula is C14H29NO. The zero-order valence-corrected chi connectivity index (χ0v) is 11.5. The number of ether oxygens (including phenoxy) is 1. The van der Waals surface area contributed by atoms with E-state index < -0.39 is 0 Å². The van der Waals surface area contributed by atoms with Crippen molar-refractivity contribution in [3.8, 4) is 0 Å². The van der Waals surface area contributed by atoms with Crippen molar-refractivity contribution in [2.75, 3.05) is 6.61 Å². The van der Waals surface area contributed by atoms with Gasteiger partial charge >= 0.3 is 0 Å². The average Bonchev–Trinajstić information content (AvgIpc) is 2.65. The molecule has 0 amide bonds. The fourth-order valence-electron chi connectivity index (χ4n) is 2.20. The molecule has 1 saturated heterocycles. The SMILES string of the molecule is CC(CC(N)CCC1CCCO1)C(C)(C)C. The van der Waals surface area contributed by atoms with Gasteiger partial charge in [-0.3, -0.25) is 0 Å². The average molecular weight is 227 g/mol. The van der Waals surface area contributed by atoms with Crippen molar-refractivity contribution in [2.45, 2.75) is 71.9 Å². The maximum Gasteiger partial charge on any atom is 0.0576 e. The molecule has 0 aromatic carbocycles. The van der Waals surface area contributed by atoms with E-state index in [2.05, 4.69) is 27.7 Å². The minimum Gasteiger partial charge on any atom is -0.378 e. The van der Waals surface area contributed by atoms with E-state index in [9.17, 15) is 0 Å². The summed E-state index contributed by atoms with van der Waals surface area (Å²) in [5.41, 5.74) is 6.57. The summed E-state index contributed by atoms with van der Waals surface area (Å²) >= 11 is 0. The fourth-order valence-corrected chi connectivity index (χ4v) is 2.20. The molecule has 0 radical (unpaired) electrons. The van der Waals surface area contributed by atoms with Crippen molar-refractivity contribution < 1.29 is 4.74 Å². The van der Waals surface area contributed by atoms with Gasteiger partial charge in [0, 0.05) is 12.6 Å². The molecule has 1 fully saturated rings. The summed E-state index contributed by atoms with van der Waals surface area (Å²) in [6.07, 6.45) is 6.37. The second-order valence-corrected chi connectivity index (χ2v) is 6.48. The monoisotopic (exact) mass is 227 g/mol. The lowest BCUT2D eigenvalue weighted by Crippen LogP contribution is -2.29. The summed E-state index contributed by atoms with van der Waals surface area (Å²) in [6, 6.07) is 0.346. The molecule has 0 saturated carbocycles. The first kappa shape index (κ1) is 14.0. The van der Waals surface area contributed by atoms with E-state index in [1.807, 2.05) is 0 Å². The van der Waals surface area contributed by atoms with Crippen LogP contribution in [0.25, 0.3) is 0 Å². The van der Waals surface area contributed by atoms with Gasteiger partial charge in [0.1, 0.15) is 0 Å². The van der Waals surface area contributed by atoms with Crippen molar-refractivity contribution in [3.05, 3.63) is 0 Å². The van der Waals surface area contributed by atoms with E-state index >= 15 is 0 Å². The summed E-state index contributed by atoms with van der Waals surface area (Å²) in [4.78, 5) is 0. The normalized spacial score (nSPS) is 25.7. The van der Waals surface area contributed by atoms with E-state index in [1.165, 1.54) is 12.8 Å². The predicted octanol–water partition coefficient (Wildman–Crippen LogP) is 3.35. The lowest BCUT2D eigenvalue weighted by atomic mass is 9.78. The van der Waals surface area contributed by atoms with Crippen LogP contribution in [0.4, 0.5) is 0 Å². The molecule has 0 aromatic heterocycles. The summed E-state index contributed by atoms with van der Waals surface area (Å²) in [7, 11) is 0. The highest BCUT2D eigenvalue weighted by atomic mass is 16.5. The van der Waals surface area contributed by atoms with Gasteiger partial charge in [-0.1, -0.05) is 27.7 Å². The maximum atomic E-state index is 6.19. The van der Waals surface area contributed by atoms with Gasteiger partial charge in [-0.05, 0) is 43.4 Å². The molecule has 96 valence electrons. The van der Waals surface area contributed by atoms with E-state index in [0.717, 1.165) is 25.9 Å². The first-order chi connectivity index (χ1) is 7.39. The molecular weight excluding hydrogens is 198 g/mol. The number of rotatable bonds is 5. The van der Waals surface area contributed by atoms with Crippen LogP contribution in [0.5, 0.6) is 0 Å². The van der Waals surface area contributed by atoms with Crippen LogP contribution < -0.4 is 5.73 Å². The van der Waals surface area contributed by atoms with Crippen LogP contribution in [0.2, 0.25) is 0 Å². The Bertz CT molecular complexity index is 191. The van der Waals surface area contributed by atoms with Crippen LogP contribution in [-0.2, 0) is 4.74 Å². The highest BCUT2D eigenvalue weighted by Crippen LogP contribution is 2.29. The minimum absolute atomic E-state index is 0.346. The Hall–Kier alpha value is -0.0800. The van der Waals surface area contributed by atoms with E-state index in [1.54, 1.807) is 0 Å². The van der Waals surface area contributed by atoms with E-state index in [-0.39, 0.29) is 0 Å². The number of nitrogens with two attached hydrogens (primary N) is 1. The Morgan fingerprint density at radius 2 is 2.06 bits per heavy atom. The number of hydrogen-bond donors (Lipinski definition) is 1. The zero-order chi connectivity index (χ0) is 12.2. The standard InChI is InChI=1S/C14H29NO/c1-11(14(2,3)4)10-12(15)7-8-13-6-5-9-16-13/h11-13H,5-10,15H2,1-4H3. The summed E-state index contributed by atoms with van der Waals surface area (Å²) in [5, 5.41) is 0. The van der Waals surface area contributed by atoms with Crippen molar-refractivity contribution in [1.82, 2.24) is 0 Å². The summed E-state index contributed by atoms with van der Waals surface area (Å²) < 4.78 is 5.62. The molecule has 0 bridgehead atoms. The third-order valence-corrected chi connectivity index (χ3v) is 4.02. The third-order valence-electron chi connectivity index (χ3n) is 4.02. The molecule has 1 aliphatic heterocycles. The van der Waals surface area contributed by atoms with Crippen LogP contribution >= 0.6 is 0 Å². The topological polar surface area (TPSA) is 35.2 Å². The van der Waals surface area contributed by atoms with Crippen LogP contribution in [-0.4, -0.2) is 18.8 Å². The molecule has 3 atom stereocenters. The molecule has 2 N–H and O–H groups in total. The molecule has 1 heterocycles. The fraction of sp³-hybridized carbons (Fsp3) is 1.00. The van der Waals surface area contributed by atoms with Gasteiger partial charge in [0.15, 0.2) is 0 Å². The molecule has 0 aromatic rings. The second-order valence-electron chi connectivity index (χ2n) is 6.48. The molecule has 1 rings (SSSR count). The van der Waals surface area contributed by atoms with E-state index in [0.29, 0.717) is 23.5 Å². The van der Waals surface area contributed by atoms with Crippen LogP contribution in [0.1, 0.15) is 59.8 Å². The molecule has 2 nitrogen and oxygen atoms in total. The van der Waals surface area contributed by atoms with Crippen LogP contribution in [0, 0.1) is 11.3 Å². The lowest BCUT2D eigenvalue weighted by Gasteiger charge is -2.29. The van der Waals surface area contributed by atoms with Gasteiger partial charge in [0.05, 0.1) is 6.10 Å². The Morgan fingerprint density at radius 3 is 2.56 bits per heavy atom. The second kappa shape index (κ2) is 6.02. The molecule has 3 unspecified atom stereocenters. The number of hydrogen-bond acceptors (Lipinski definition) is 2. The quantitative estimate of drug-likeness (QED) is 0.781. The van der Waals surface area contributed by atoms with Crippen molar-refractivity contribution in [3.63, 3.8) is 0 Å². The van der Waals surface area contributed by atoms with Gasteiger partial charge in [-0.25, -0.2) is 0 Å². The molecule has 0 spiro atoms. The Kier molecular flexibility index (Phi) is 5.26. The van der Waals surface area contributed by atoms with Crippen molar-refractivity contribution >= 4 is 0 Å². The predicted molar refractivity (Wildman–Crippen MR) is 69.4 cm³/mol. The third kappa shape index (κ3) is 4.84. The van der Waals surface area contributed by atoms with Crippen molar-refractivity contribution in [1.29, 1.82) is 0 Å². The Balaban J connectivity index is 2.17. The van der Waals surface area contributed by atoms with Crippen LogP contribution in [0.15, 0.2) is 0 Å². The van der Waals surface area contributed by atoms with Crippen molar-refractivity contribution in [2.24, 2.45) is 17.1 Å². The summed E-state index contributed by atoms with van der Waals surface area (Å²) in [5.74, 6) is 0.687. The molecule has 1 aliphatic rings. The van der Waals surface area contributed by atoms with Gasteiger partial charge in [-0.2, -0.15) is 0 Å². The van der Waals surface area contributed by atoms with E-state index in [4.69, 9.17) is 10.5 Å². The molecule has 0 aliphatic carbocycles. The smallest absolute Gasteiger partial charge is 0.0576 e. The minimum atomic E-state index is 0.346. The maximum absolute atomic E-state index is 6.19. The Labute approximate surface area is 101 Å². The van der Waals surface area contributed by atoms with Gasteiger partial charge in [0.25, 0.3) is 0 Å². The largest absolute Gasteiger partial charge is 0.378 e. The Morgan fingerprint density at radius 1 is 1.38 bits per heavy atom.